The van der Waals surface area contributed by atoms with Crippen molar-refractivity contribution in [1.82, 2.24) is 19.9 Å². The van der Waals surface area contributed by atoms with Crippen LogP contribution in [0.4, 0.5) is 0 Å². The summed E-state index contributed by atoms with van der Waals surface area (Å²) in [7, 11) is 1.82. The van der Waals surface area contributed by atoms with Gasteiger partial charge in [0.15, 0.2) is 0 Å². The summed E-state index contributed by atoms with van der Waals surface area (Å²) in [6, 6.07) is 0. The standard InChI is InChI=1S/C13H16N4O3/c1-3-19-12(18)13(5-4-6-13)11-15-10(16-20-11)9-7-14-17(2)8-9/h7-8H,3-6H2,1-2H3. The van der Waals surface area contributed by atoms with Crippen molar-refractivity contribution in [3.8, 4) is 11.4 Å². The van der Waals surface area contributed by atoms with Gasteiger partial charge < -0.3 is 9.26 Å². The molecule has 0 amide bonds. The lowest BCUT2D eigenvalue weighted by Crippen LogP contribution is -2.44. The van der Waals surface area contributed by atoms with Crippen molar-refractivity contribution in [2.24, 2.45) is 7.05 Å². The molecular weight excluding hydrogens is 260 g/mol. The number of aromatic nitrogens is 4. The predicted octanol–water partition coefficient (Wildman–Crippen LogP) is 1.45. The minimum atomic E-state index is -0.747. The fourth-order valence-corrected chi connectivity index (χ4v) is 2.38. The lowest BCUT2D eigenvalue weighted by atomic mass is 9.68. The van der Waals surface area contributed by atoms with E-state index in [1.54, 1.807) is 24.0 Å². The summed E-state index contributed by atoms with van der Waals surface area (Å²) in [4.78, 5) is 16.5. The van der Waals surface area contributed by atoms with Gasteiger partial charge in [0.2, 0.25) is 11.7 Å². The van der Waals surface area contributed by atoms with Gasteiger partial charge in [0.05, 0.1) is 18.4 Å². The molecule has 0 radical (unpaired) electrons. The summed E-state index contributed by atoms with van der Waals surface area (Å²) in [5, 5.41) is 8.01. The molecule has 0 unspecified atom stereocenters. The largest absolute Gasteiger partial charge is 0.465 e. The summed E-state index contributed by atoms with van der Waals surface area (Å²) in [5.41, 5.74) is 0.0181. The first-order valence-corrected chi connectivity index (χ1v) is 6.66. The zero-order chi connectivity index (χ0) is 14.2. The average Bonchev–Trinajstić information content (AvgIpc) is 2.97. The lowest BCUT2D eigenvalue weighted by Gasteiger charge is -2.35. The molecule has 0 atom stereocenters. The van der Waals surface area contributed by atoms with Crippen LogP contribution in [0.5, 0.6) is 0 Å². The molecule has 0 spiro atoms. The summed E-state index contributed by atoms with van der Waals surface area (Å²) < 4.78 is 12.1. The second-order valence-electron chi connectivity index (χ2n) is 4.98. The van der Waals surface area contributed by atoms with Crippen molar-refractivity contribution in [2.45, 2.75) is 31.6 Å². The van der Waals surface area contributed by atoms with Crippen LogP contribution in [0.25, 0.3) is 11.4 Å². The molecule has 1 aliphatic carbocycles. The maximum Gasteiger partial charge on any atom is 0.321 e. The number of nitrogens with zero attached hydrogens (tertiary/aromatic N) is 4. The molecule has 2 aromatic rings. The van der Waals surface area contributed by atoms with Crippen LogP contribution in [0.3, 0.4) is 0 Å². The highest BCUT2D eigenvalue weighted by atomic mass is 16.5. The molecule has 0 N–H and O–H groups in total. The van der Waals surface area contributed by atoms with Gasteiger partial charge in [-0.2, -0.15) is 10.1 Å². The van der Waals surface area contributed by atoms with E-state index in [1.165, 1.54) is 0 Å². The minimum absolute atomic E-state index is 0.271. The Hall–Kier alpha value is -2.18. The second-order valence-corrected chi connectivity index (χ2v) is 4.98. The van der Waals surface area contributed by atoms with E-state index in [0.717, 1.165) is 12.0 Å². The van der Waals surface area contributed by atoms with Gasteiger partial charge in [-0.3, -0.25) is 9.48 Å². The Bertz CT molecular complexity index is 627. The third-order valence-electron chi connectivity index (χ3n) is 3.67. The van der Waals surface area contributed by atoms with E-state index in [1.807, 2.05) is 7.05 Å². The Morgan fingerprint density at radius 2 is 2.35 bits per heavy atom. The monoisotopic (exact) mass is 276 g/mol. The molecule has 7 nitrogen and oxygen atoms in total. The van der Waals surface area contributed by atoms with Gasteiger partial charge in [0.25, 0.3) is 0 Å². The minimum Gasteiger partial charge on any atom is -0.465 e. The highest BCUT2D eigenvalue weighted by molar-refractivity contribution is 5.83. The van der Waals surface area contributed by atoms with E-state index >= 15 is 0 Å². The van der Waals surface area contributed by atoms with E-state index in [-0.39, 0.29) is 5.97 Å². The molecule has 7 heteroatoms. The van der Waals surface area contributed by atoms with Gasteiger partial charge >= 0.3 is 5.97 Å². The van der Waals surface area contributed by atoms with Gasteiger partial charge in [-0.15, -0.1) is 0 Å². The van der Waals surface area contributed by atoms with Gasteiger partial charge in [0, 0.05) is 13.2 Å². The smallest absolute Gasteiger partial charge is 0.321 e. The van der Waals surface area contributed by atoms with Gasteiger partial charge in [0.1, 0.15) is 5.41 Å². The Morgan fingerprint density at radius 1 is 1.55 bits per heavy atom. The number of hydrogen-bond acceptors (Lipinski definition) is 6. The SMILES string of the molecule is CCOC(=O)C1(c2nc(-c3cnn(C)c3)no2)CCC1. The summed E-state index contributed by atoms with van der Waals surface area (Å²) in [5.74, 6) is 0.525. The fraction of sp³-hybridized carbons (Fsp3) is 0.538. The third-order valence-corrected chi connectivity index (χ3v) is 3.67. The first kappa shape index (κ1) is 12.8. The first-order valence-electron chi connectivity index (χ1n) is 6.66. The van der Waals surface area contributed by atoms with Crippen LogP contribution in [-0.2, 0) is 22.0 Å². The van der Waals surface area contributed by atoms with Crippen molar-refractivity contribution in [3.05, 3.63) is 18.3 Å². The normalized spacial score (nSPS) is 16.7. The van der Waals surface area contributed by atoms with Crippen LogP contribution in [0.15, 0.2) is 16.9 Å². The number of carbonyl (C=O) groups excluding carboxylic acids is 1. The number of rotatable bonds is 4. The maximum absolute atomic E-state index is 12.1. The Balaban J connectivity index is 1.90. The average molecular weight is 276 g/mol. The Labute approximate surface area is 115 Å². The molecule has 106 valence electrons. The second kappa shape index (κ2) is 4.73. The molecule has 3 rings (SSSR count). The molecule has 2 aromatic heterocycles. The van der Waals surface area contributed by atoms with E-state index in [9.17, 15) is 4.79 Å². The number of hydrogen-bond donors (Lipinski definition) is 0. The van der Waals surface area contributed by atoms with Crippen LogP contribution >= 0.6 is 0 Å². The van der Waals surface area contributed by atoms with Crippen molar-refractivity contribution < 1.29 is 14.1 Å². The highest BCUT2D eigenvalue weighted by Gasteiger charge is 2.52. The van der Waals surface area contributed by atoms with Crippen LogP contribution in [0, 0.1) is 0 Å². The lowest BCUT2D eigenvalue weighted by molar-refractivity contribution is -0.155. The van der Waals surface area contributed by atoms with E-state index in [4.69, 9.17) is 9.26 Å². The van der Waals surface area contributed by atoms with Crippen molar-refractivity contribution >= 4 is 5.97 Å². The molecule has 0 aliphatic heterocycles. The first-order chi connectivity index (χ1) is 9.65. The van der Waals surface area contributed by atoms with E-state index in [2.05, 4.69) is 15.2 Å². The molecule has 1 saturated carbocycles. The molecule has 2 heterocycles. The van der Waals surface area contributed by atoms with Crippen LogP contribution < -0.4 is 0 Å². The Kier molecular flexibility index (Phi) is 3.04. The fourth-order valence-electron chi connectivity index (χ4n) is 2.38. The quantitative estimate of drug-likeness (QED) is 0.786. The third kappa shape index (κ3) is 1.90. The summed E-state index contributed by atoms with van der Waals surface area (Å²) in [6.07, 6.45) is 5.81. The zero-order valence-corrected chi connectivity index (χ0v) is 11.5. The summed E-state index contributed by atoms with van der Waals surface area (Å²) >= 11 is 0. The van der Waals surface area contributed by atoms with Crippen molar-refractivity contribution in [3.63, 3.8) is 0 Å². The van der Waals surface area contributed by atoms with Crippen LogP contribution in [0.2, 0.25) is 0 Å². The summed E-state index contributed by atoms with van der Waals surface area (Å²) in [6.45, 7) is 2.14. The number of carbonyl (C=O) groups is 1. The van der Waals surface area contributed by atoms with Gasteiger partial charge in [-0.05, 0) is 19.8 Å². The molecule has 1 aliphatic rings. The van der Waals surface area contributed by atoms with Crippen molar-refractivity contribution in [2.75, 3.05) is 6.61 Å². The highest BCUT2D eigenvalue weighted by Crippen LogP contribution is 2.44. The van der Waals surface area contributed by atoms with Crippen LogP contribution in [-0.4, -0.2) is 32.5 Å². The van der Waals surface area contributed by atoms with E-state index in [0.29, 0.717) is 31.2 Å². The topological polar surface area (TPSA) is 83.0 Å². The van der Waals surface area contributed by atoms with Crippen molar-refractivity contribution in [1.29, 1.82) is 0 Å². The number of aryl methyl sites for hydroxylation is 1. The number of esters is 1. The number of ether oxygens (including phenoxy) is 1. The molecule has 20 heavy (non-hydrogen) atoms. The Morgan fingerprint density at radius 3 is 2.90 bits per heavy atom. The molecule has 1 fully saturated rings. The molecule has 0 bridgehead atoms. The molecule has 0 aromatic carbocycles. The molecular formula is C13H16N4O3. The van der Waals surface area contributed by atoms with E-state index < -0.39 is 5.41 Å². The predicted molar refractivity (Wildman–Crippen MR) is 68.7 cm³/mol. The zero-order valence-electron chi connectivity index (χ0n) is 11.5. The maximum atomic E-state index is 12.1. The van der Waals surface area contributed by atoms with Gasteiger partial charge in [-0.25, -0.2) is 0 Å². The molecule has 0 saturated heterocycles. The van der Waals surface area contributed by atoms with Crippen LogP contribution in [0.1, 0.15) is 32.1 Å². The van der Waals surface area contributed by atoms with Gasteiger partial charge in [-0.1, -0.05) is 11.6 Å².